The molecular weight excluding hydrogens is 422 g/mol. The Morgan fingerprint density at radius 3 is 2.56 bits per heavy atom. The van der Waals surface area contributed by atoms with Crippen molar-refractivity contribution in [1.29, 1.82) is 0 Å². The van der Waals surface area contributed by atoms with E-state index in [0.29, 0.717) is 17.1 Å². The van der Waals surface area contributed by atoms with E-state index in [2.05, 4.69) is 15.4 Å². The number of nitrogens with zero attached hydrogens (tertiary/aromatic N) is 2. The van der Waals surface area contributed by atoms with Crippen LogP contribution in [0.5, 0.6) is 5.75 Å². The number of carbonyl (C=O) groups excluding carboxylic acids is 3. The summed E-state index contributed by atoms with van der Waals surface area (Å²) in [5.41, 5.74) is 1.59. The molecule has 0 aliphatic carbocycles. The van der Waals surface area contributed by atoms with Gasteiger partial charge in [0.1, 0.15) is 5.75 Å². The van der Waals surface area contributed by atoms with Crippen molar-refractivity contribution in [3.05, 3.63) is 48.5 Å². The van der Waals surface area contributed by atoms with Crippen molar-refractivity contribution in [2.75, 3.05) is 35.7 Å². The molecule has 3 rings (SSSR count). The fourth-order valence-corrected chi connectivity index (χ4v) is 3.50. The number of para-hydroxylation sites is 2. The van der Waals surface area contributed by atoms with Crippen molar-refractivity contribution in [3.8, 4) is 5.75 Å². The predicted octanol–water partition coefficient (Wildman–Crippen LogP) is 2.92. The fourth-order valence-electron chi connectivity index (χ4n) is 3.50. The van der Waals surface area contributed by atoms with E-state index in [1.54, 1.807) is 48.0 Å². The Balaban J connectivity index is 1.59. The highest BCUT2D eigenvalue weighted by Crippen LogP contribution is 2.31. The number of carbonyl (C=O) groups is 3. The standard InChI is InChI=1S/C22H24F2N4O4/c1-14-11-19(29)26-17-5-3-4-6-18(17)28(14)21(31)13-27(2)12-20(30)25-15-7-9-16(10-8-15)32-22(23)24/h3-10,14,22H,11-13H2,1-2H3,(H,25,30)(H,26,29)/t14-/m1/s1. The summed E-state index contributed by atoms with van der Waals surface area (Å²) in [6.45, 7) is -1.23. The third kappa shape index (κ3) is 6.01. The zero-order valence-corrected chi connectivity index (χ0v) is 17.7. The van der Waals surface area contributed by atoms with E-state index in [0.717, 1.165) is 0 Å². The van der Waals surface area contributed by atoms with Gasteiger partial charge < -0.3 is 20.3 Å². The summed E-state index contributed by atoms with van der Waals surface area (Å²) in [7, 11) is 1.63. The van der Waals surface area contributed by atoms with Crippen LogP contribution in [0.1, 0.15) is 13.3 Å². The minimum Gasteiger partial charge on any atom is -0.435 e. The zero-order valence-electron chi connectivity index (χ0n) is 17.7. The lowest BCUT2D eigenvalue weighted by Crippen LogP contribution is -2.45. The zero-order chi connectivity index (χ0) is 23.3. The molecule has 3 amide bonds. The molecular formula is C22H24F2N4O4. The number of ether oxygens (including phenoxy) is 1. The van der Waals surface area contributed by atoms with Crippen LogP contribution in [0.3, 0.4) is 0 Å². The van der Waals surface area contributed by atoms with Crippen molar-refractivity contribution in [3.63, 3.8) is 0 Å². The van der Waals surface area contributed by atoms with Gasteiger partial charge >= 0.3 is 6.61 Å². The lowest BCUT2D eigenvalue weighted by Gasteiger charge is -2.29. The SMILES string of the molecule is C[C@@H]1CC(=O)Nc2ccccc2N1C(=O)CN(C)CC(=O)Nc1ccc(OC(F)F)cc1. The molecule has 0 radical (unpaired) electrons. The third-order valence-corrected chi connectivity index (χ3v) is 4.81. The topological polar surface area (TPSA) is 91.0 Å². The highest BCUT2D eigenvalue weighted by atomic mass is 19.3. The van der Waals surface area contributed by atoms with Gasteiger partial charge in [0.15, 0.2) is 0 Å². The molecule has 0 unspecified atom stereocenters. The van der Waals surface area contributed by atoms with Crippen LogP contribution in [0.25, 0.3) is 0 Å². The molecule has 0 fully saturated rings. The second kappa shape index (κ2) is 10.2. The maximum Gasteiger partial charge on any atom is 0.387 e. The minimum absolute atomic E-state index is 0.0134. The van der Waals surface area contributed by atoms with Crippen LogP contribution in [0.4, 0.5) is 25.8 Å². The molecule has 0 saturated carbocycles. The monoisotopic (exact) mass is 446 g/mol. The summed E-state index contributed by atoms with van der Waals surface area (Å²) in [6, 6.07) is 12.3. The van der Waals surface area contributed by atoms with Gasteiger partial charge in [0.25, 0.3) is 0 Å². The summed E-state index contributed by atoms with van der Waals surface area (Å²) < 4.78 is 28.7. The third-order valence-electron chi connectivity index (χ3n) is 4.81. The van der Waals surface area contributed by atoms with E-state index < -0.39 is 6.61 Å². The number of nitrogens with one attached hydrogen (secondary N) is 2. The summed E-state index contributed by atoms with van der Waals surface area (Å²) in [4.78, 5) is 40.6. The summed E-state index contributed by atoms with van der Waals surface area (Å²) >= 11 is 0. The van der Waals surface area contributed by atoms with Crippen LogP contribution < -0.4 is 20.3 Å². The maximum absolute atomic E-state index is 13.0. The fraction of sp³-hybridized carbons (Fsp3) is 0.318. The molecule has 1 heterocycles. The molecule has 0 saturated heterocycles. The average Bonchev–Trinajstić information content (AvgIpc) is 2.82. The molecule has 2 N–H and O–H groups in total. The molecule has 2 aromatic rings. The Bertz CT molecular complexity index is 984. The van der Waals surface area contributed by atoms with Crippen LogP contribution >= 0.6 is 0 Å². The number of fused-ring (bicyclic) bond motifs is 1. The van der Waals surface area contributed by atoms with E-state index in [-0.39, 0.29) is 49.0 Å². The van der Waals surface area contributed by atoms with Gasteiger partial charge in [-0.05, 0) is 50.4 Å². The molecule has 10 heteroatoms. The molecule has 8 nitrogen and oxygen atoms in total. The smallest absolute Gasteiger partial charge is 0.387 e. The molecule has 170 valence electrons. The number of hydrogen-bond acceptors (Lipinski definition) is 5. The Labute approximate surface area is 184 Å². The number of anilines is 3. The van der Waals surface area contributed by atoms with Crippen LogP contribution in [-0.2, 0) is 14.4 Å². The van der Waals surface area contributed by atoms with E-state index in [4.69, 9.17) is 0 Å². The average molecular weight is 446 g/mol. The quantitative estimate of drug-likeness (QED) is 0.683. The number of hydrogen-bond donors (Lipinski definition) is 2. The molecule has 32 heavy (non-hydrogen) atoms. The minimum atomic E-state index is -2.92. The second-order valence-corrected chi connectivity index (χ2v) is 7.51. The molecule has 2 aromatic carbocycles. The van der Waals surface area contributed by atoms with Crippen molar-refractivity contribution < 1.29 is 27.9 Å². The Kier molecular flexibility index (Phi) is 7.37. The molecule has 1 aliphatic heterocycles. The summed E-state index contributed by atoms with van der Waals surface area (Å²) in [6.07, 6.45) is 0.163. The van der Waals surface area contributed by atoms with Crippen LogP contribution in [-0.4, -0.2) is 55.4 Å². The highest BCUT2D eigenvalue weighted by molar-refractivity contribution is 6.05. The summed E-state index contributed by atoms with van der Waals surface area (Å²) in [5.74, 6) is -0.798. The highest BCUT2D eigenvalue weighted by Gasteiger charge is 2.30. The van der Waals surface area contributed by atoms with Crippen LogP contribution in [0, 0.1) is 0 Å². The van der Waals surface area contributed by atoms with Gasteiger partial charge in [0.05, 0.1) is 24.5 Å². The van der Waals surface area contributed by atoms with E-state index in [9.17, 15) is 23.2 Å². The first-order valence-corrected chi connectivity index (χ1v) is 9.97. The Morgan fingerprint density at radius 2 is 1.88 bits per heavy atom. The number of amides is 3. The first-order valence-electron chi connectivity index (χ1n) is 9.97. The van der Waals surface area contributed by atoms with Crippen LogP contribution in [0.2, 0.25) is 0 Å². The van der Waals surface area contributed by atoms with Gasteiger partial charge in [-0.25, -0.2) is 0 Å². The lowest BCUT2D eigenvalue weighted by molar-refractivity contribution is -0.121. The molecule has 0 spiro atoms. The first-order chi connectivity index (χ1) is 15.2. The van der Waals surface area contributed by atoms with Crippen molar-refractivity contribution in [2.24, 2.45) is 0 Å². The van der Waals surface area contributed by atoms with Crippen LogP contribution in [0.15, 0.2) is 48.5 Å². The van der Waals surface area contributed by atoms with E-state index in [1.807, 2.05) is 0 Å². The molecule has 0 bridgehead atoms. The summed E-state index contributed by atoms with van der Waals surface area (Å²) in [5, 5.41) is 5.45. The second-order valence-electron chi connectivity index (χ2n) is 7.51. The van der Waals surface area contributed by atoms with Gasteiger partial charge in [-0.3, -0.25) is 19.3 Å². The molecule has 1 atom stereocenters. The van der Waals surface area contributed by atoms with Gasteiger partial charge in [-0.15, -0.1) is 0 Å². The van der Waals surface area contributed by atoms with Gasteiger partial charge in [0.2, 0.25) is 17.7 Å². The lowest BCUT2D eigenvalue weighted by atomic mass is 10.1. The number of rotatable bonds is 7. The number of likely N-dealkylation sites (N-methyl/N-ethyl adjacent to an activating group) is 1. The predicted molar refractivity (Wildman–Crippen MR) is 116 cm³/mol. The number of alkyl halides is 2. The Morgan fingerprint density at radius 1 is 1.19 bits per heavy atom. The van der Waals surface area contributed by atoms with E-state index >= 15 is 0 Å². The largest absolute Gasteiger partial charge is 0.435 e. The normalized spacial score (nSPS) is 15.8. The van der Waals surface area contributed by atoms with Gasteiger partial charge in [-0.2, -0.15) is 8.78 Å². The number of benzene rings is 2. The molecule has 0 aromatic heterocycles. The number of halogens is 2. The first kappa shape index (κ1) is 23.1. The van der Waals surface area contributed by atoms with Crippen molar-refractivity contribution in [2.45, 2.75) is 26.0 Å². The van der Waals surface area contributed by atoms with Crippen molar-refractivity contribution >= 4 is 34.8 Å². The van der Waals surface area contributed by atoms with E-state index in [1.165, 1.54) is 24.3 Å². The van der Waals surface area contributed by atoms with Gasteiger partial charge in [0, 0.05) is 18.2 Å². The molecule has 1 aliphatic rings. The van der Waals surface area contributed by atoms with Gasteiger partial charge in [-0.1, -0.05) is 12.1 Å². The maximum atomic E-state index is 13.0. The Hall–Kier alpha value is -3.53. The van der Waals surface area contributed by atoms with Crippen molar-refractivity contribution in [1.82, 2.24) is 4.90 Å².